The van der Waals surface area contributed by atoms with E-state index in [2.05, 4.69) is 9.97 Å². The molecule has 4 aromatic rings. The van der Waals surface area contributed by atoms with E-state index in [0.29, 0.717) is 24.0 Å². The van der Waals surface area contributed by atoms with Crippen molar-refractivity contribution in [2.75, 3.05) is 20.2 Å². The van der Waals surface area contributed by atoms with Crippen molar-refractivity contribution >= 4 is 38.8 Å². The first kappa shape index (κ1) is 18.1. The molecule has 1 aliphatic heterocycles. The molecule has 1 amide bonds. The maximum atomic E-state index is 12.7. The normalized spacial score (nSPS) is 14.0. The van der Waals surface area contributed by atoms with Gasteiger partial charge in [-0.25, -0.2) is 4.98 Å². The number of likely N-dealkylation sites (tertiary alicyclic amines) is 1. The number of fused-ring (bicyclic) bond motifs is 1. The Hall–Kier alpha value is -2.97. The lowest BCUT2D eigenvalue weighted by Gasteiger charge is -2.37. The Morgan fingerprint density at radius 1 is 1.10 bits per heavy atom. The fourth-order valence-electron chi connectivity index (χ4n) is 3.19. The van der Waals surface area contributed by atoms with E-state index in [9.17, 15) is 4.79 Å². The maximum absolute atomic E-state index is 12.7. The first-order chi connectivity index (χ1) is 14.2. The summed E-state index contributed by atoms with van der Waals surface area (Å²) in [4.78, 5) is 23.5. The molecule has 0 bridgehead atoms. The maximum Gasteiger partial charge on any atom is 0.274 e. The minimum absolute atomic E-state index is 0.0577. The summed E-state index contributed by atoms with van der Waals surface area (Å²) in [6.07, 6.45) is -0.0577. The molecular formula is C21H17N3O3S2. The van der Waals surface area contributed by atoms with Crippen LogP contribution in [0, 0.1) is 0 Å². The minimum atomic E-state index is -0.0609. The van der Waals surface area contributed by atoms with Crippen molar-refractivity contribution in [3.63, 3.8) is 0 Å². The highest BCUT2D eigenvalue weighted by Crippen LogP contribution is 2.34. The summed E-state index contributed by atoms with van der Waals surface area (Å²) in [5.74, 6) is 0.672. The molecule has 1 fully saturated rings. The predicted molar refractivity (Wildman–Crippen MR) is 114 cm³/mol. The number of carbonyl (C=O) groups excluding carboxylic acids is 1. The number of aromatic nitrogens is 2. The number of hydrogen-bond donors (Lipinski definition) is 0. The van der Waals surface area contributed by atoms with Gasteiger partial charge in [-0.05, 0) is 12.1 Å². The molecule has 0 saturated carbocycles. The molecule has 29 heavy (non-hydrogen) atoms. The van der Waals surface area contributed by atoms with Gasteiger partial charge in [0, 0.05) is 10.9 Å². The molecular weight excluding hydrogens is 406 g/mol. The van der Waals surface area contributed by atoms with E-state index in [-0.39, 0.29) is 12.0 Å². The van der Waals surface area contributed by atoms with E-state index in [1.165, 1.54) is 22.7 Å². The van der Waals surface area contributed by atoms with E-state index in [1.807, 2.05) is 53.9 Å². The van der Waals surface area contributed by atoms with E-state index in [4.69, 9.17) is 9.47 Å². The lowest BCUT2D eigenvalue weighted by atomic mass is 10.1. The number of thiazole rings is 2. The number of ether oxygens (including phenoxy) is 2. The first-order valence-electron chi connectivity index (χ1n) is 9.11. The van der Waals surface area contributed by atoms with Crippen molar-refractivity contribution in [2.45, 2.75) is 6.10 Å². The molecule has 0 N–H and O–H groups in total. The summed E-state index contributed by atoms with van der Waals surface area (Å²) in [5.41, 5.74) is 2.31. The number of hydrogen-bond acceptors (Lipinski definition) is 7. The fourth-order valence-corrected chi connectivity index (χ4v) is 4.89. The Bertz CT molecular complexity index is 1170. The van der Waals surface area contributed by atoms with Crippen LogP contribution in [0.3, 0.4) is 0 Å². The van der Waals surface area contributed by atoms with Crippen molar-refractivity contribution in [1.82, 2.24) is 14.9 Å². The molecule has 0 spiro atoms. The second kappa shape index (κ2) is 7.46. The molecule has 146 valence electrons. The molecule has 0 unspecified atom stereocenters. The highest BCUT2D eigenvalue weighted by atomic mass is 32.1. The van der Waals surface area contributed by atoms with Crippen LogP contribution in [0.2, 0.25) is 0 Å². The quantitative estimate of drug-likeness (QED) is 0.478. The Morgan fingerprint density at radius 3 is 2.72 bits per heavy atom. The number of carbonyl (C=O) groups is 1. The Morgan fingerprint density at radius 2 is 1.93 bits per heavy atom. The third-order valence-electron chi connectivity index (χ3n) is 4.73. The zero-order chi connectivity index (χ0) is 19.8. The lowest BCUT2D eigenvalue weighted by molar-refractivity contribution is 0.0174. The minimum Gasteiger partial charge on any atom is -0.494 e. The van der Waals surface area contributed by atoms with Gasteiger partial charge in [0.15, 0.2) is 0 Å². The Kier molecular flexibility index (Phi) is 4.65. The van der Waals surface area contributed by atoms with E-state index >= 15 is 0 Å². The SMILES string of the molecule is COc1cccc2sc(OC3CN(C(=O)c4csc(-c5ccccc5)n4)C3)nc12. The highest BCUT2D eigenvalue weighted by molar-refractivity contribution is 7.20. The van der Waals surface area contributed by atoms with Crippen LogP contribution in [0.1, 0.15) is 10.5 Å². The van der Waals surface area contributed by atoms with Crippen LogP contribution in [0.25, 0.3) is 20.8 Å². The van der Waals surface area contributed by atoms with Gasteiger partial charge < -0.3 is 14.4 Å². The molecule has 5 rings (SSSR count). The first-order valence-corrected chi connectivity index (χ1v) is 10.8. The number of para-hydroxylation sites is 1. The van der Waals surface area contributed by atoms with Crippen LogP contribution in [-0.4, -0.2) is 47.1 Å². The molecule has 0 radical (unpaired) electrons. The molecule has 8 heteroatoms. The molecule has 0 aliphatic carbocycles. The summed E-state index contributed by atoms with van der Waals surface area (Å²) >= 11 is 2.97. The van der Waals surface area contributed by atoms with Crippen molar-refractivity contribution in [3.8, 4) is 21.5 Å². The summed E-state index contributed by atoms with van der Waals surface area (Å²) in [5, 5.41) is 3.27. The van der Waals surface area contributed by atoms with Crippen molar-refractivity contribution in [1.29, 1.82) is 0 Å². The third-order valence-corrected chi connectivity index (χ3v) is 6.53. The van der Waals surface area contributed by atoms with Gasteiger partial charge in [0.25, 0.3) is 11.1 Å². The fraction of sp³-hybridized carbons (Fsp3) is 0.190. The van der Waals surface area contributed by atoms with Crippen LogP contribution >= 0.6 is 22.7 Å². The molecule has 3 heterocycles. The van der Waals surface area contributed by atoms with Gasteiger partial charge in [-0.2, -0.15) is 4.98 Å². The zero-order valence-corrected chi connectivity index (χ0v) is 17.2. The monoisotopic (exact) mass is 423 g/mol. The average Bonchev–Trinajstić information content (AvgIpc) is 3.37. The van der Waals surface area contributed by atoms with Gasteiger partial charge in [0.1, 0.15) is 28.1 Å². The van der Waals surface area contributed by atoms with Crippen LogP contribution in [-0.2, 0) is 0 Å². The number of benzene rings is 2. The Labute approximate surface area is 175 Å². The summed E-state index contributed by atoms with van der Waals surface area (Å²) in [6.45, 7) is 1.06. The second-order valence-electron chi connectivity index (χ2n) is 6.64. The summed E-state index contributed by atoms with van der Waals surface area (Å²) in [7, 11) is 1.63. The Balaban J connectivity index is 1.22. The van der Waals surface area contributed by atoms with Gasteiger partial charge in [-0.1, -0.05) is 47.7 Å². The smallest absolute Gasteiger partial charge is 0.274 e. The molecule has 6 nitrogen and oxygen atoms in total. The van der Waals surface area contributed by atoms with Crippen molar-refractivity contribution < 1.29 is 14.3 Å². The van der Waals surface area contributed by atoms with Gasteiger partial charge in [-0.15, -0.1) is 11.3 Å². The highest BCUT2D eigenvalue weighted by Gasteiger charge is 2.34. The largest absolute Gasteiger partial charge is 0.494 e. The summed E-state index contributed by atoms with van der Waals surface area (Å²) < 4.78 is 12.3. The number of methoxy groups -OCH3 is 1. The van der Waals surface area contributed by atoms with Gasteiger partial charge in [0.05, 0.1) is 24.9 Å². The standard InChI is InChI=1S/C21H17N3O3S2/c1-26-16-8-5-9-17-18(16)23-21(29-17)27-14-10-24(11-14)20(25)15-12-28-19(22-15)13-6-3-2-4-7-13/h2-9,12,14H,10-11H2,1H3. The predicted octanol–water partition coefficient (Wildman–Crippen LogP) is 4.33. The number of nitrogens with zero attached hydrogens (tertiary/aromatic N) is 3. The topological polar surface area (TPSA) is 64.6 Å². The second-order valence-corrected chi connectivity index (χ2v) is 8.49. The number of rotatable bonds is 5. The molecule has 1 saturated heterocycles. The van der Waals surface area contributed by atoms with E-state index in [1.54, 1.807) is 12.0 Å². The molecule has 0 atom stereocenters. The van der Waals surface area contributed by atoms with Crippen molar-refractivity contribution in [2.24, 2.45) is 0 Å². The third kappa shape index (κ3) is 3.45. The van der Waals surface area contributed by atoms with Crippen LogP contribution in [0.4, 0.5) is 0 Å². The van der Waals surface area contributed by atoms with Gasteiger partial charge >= 0.3 is 0 Å². The van der Waals surface area contributed by atoms with E-state index in [0.717, 1.165) is 26.5 Å². The van der Waals surface area contributed by atoms with E-state index < -0.39 is 0 Å². The van der Waals surface area contributed by atoms with Gasteiger partial charge in [-0.3, -0.25) is 4.79 Å². The molecule has 2 aromatic carbocycles. The van der Waals surface area contributed by atoms with Crippen molar-refractivity contribution in [3.05, 3.63) is 59.6 Å². The zero-order valence-electron chi connectivity index (χ0n) is 15.6. The molecule has 2 aromatic heterocycles. The van der Waals surface area contributed by atoms with Crippen LogP contribution in [0.5, 0.6) is 10.9 Å². The number of amides is 1. The van der Waals surface area contributed by atoms with Crippen LogP contribution < -0.4 is 9.47 Å². The molecule has 1 aliphatic rings. The summed E-state index contributed by atoms with van der Waals surface area (Å²) in [6, 6.07) is 15.7. The van der Waals surface area contributed by atoms with Gasteiger partial charge in [0.2, 0.25) is 0 Å². The van der Waals surface area contributed by atoms with Crippen LogP contribution in [0.15, 0.2) is 53.9 Å². The lowest BCUT2D eigenvalue weighted by Crippen LogP contribution is -2.56. The average molecular weight is 424 g/mol.